The molecule has 7 nitrogen and oxygen atoms in total. The minimum atomic E-state index is -3.47. The zero-order valence-corrected chi connectivity index (χ0v) is 16.6. The molecule has 0 spiro atoms. The van der Waals surface area contributed by atoms with Crippen molar-refractivity contribution in [1.82, 2.24) is 0 Å². The number of carbonyl (C=O) groups is 1. The van der Waals surface area contributed by atoms with Crippen LogP contribution in [0.5, 0.6) is 5.75 Å². The Morgan fingerprint density at radius 2 is 1.85 bits per heavy atom. The lowest BCUT2D eigenvalue weighted by Crippen LogP contribution is -2.24. The molecule has 1 aliphatic rings. The third-order valence-corrected chi connectivity index (χ3v) is 5.11. The first-order valence-electron chi connectivity index (χ1n) is 8.45. The van der Waals surface area contributed by atoms with Gasteiger partial charge in [-0.3, -0.25) is 9.52 Å². The molecule has 8 heteroatoms. The summed E-state index contributed by atoms with van der Waals surface area (Å²) in [7, 11) is 1.92. The van der Waals surface area contributed by atoms with E-state index in [9.17, 15) is 13.2 Å². The maximum Gasteiger partial charge on any atom is 0.229 e. The normalized spacial score (nSPS) is 16.3. The Balaban J connectivity index is 2.09. The molecule has 0 fully saturated rings. The lowest BCUT2D eigenvalue weighted by Gasteiger charge is -2.28. The van der Waals surface area contributed by atoms with Crippen molar-refractivity contribution >= 4 is 33.0 Å². The minimum absolute atomic E-state index is 0.0879. The molecule has 2 N–H and O–H groups in total. The summed E-state index contributed by atoms with van der Waals surface area (Å²) in [5.41, 5.74) is 3.88. The van der Waals surface area contributed by atoms with Gasteiger partial charge in [-0.05, 0) is 29.3 Å². The second-order valence-electron chi connectivity index (χ2n) is 6.80. The Hall–Kier alpha value is -2.74. The number of rotatable bonds is 5. The van der Waals surface area contributed by atoms with Crippen LogP contribution in [0, 0.1) is 0 Å². The molecule has 1 atom stereocenters. The van der Waals surface area contributed by atoms with Crippen molar-refractivity contribution in [2.45, 2.75) is 12.3 Å². The average Bonchev–Trinajstić information content (AvgIpc) is 2.59. The van der Waals surface area contributed by atoms with E-state index in [-0.39, 0.29) is 11.8 Å². The molecule has 0 bridgehead atoms. The smallest absolute Gasteiger partial charge is 0.229 e. The average molecular weight is 389 g/mol. The molecule has 2 aromatic rings. The largest absolute Gasteiger partial charge is 0.494 e. The molecule has 3 rings (SSSR count). The highest BCUT2D eigenvalue weighted by atomic mass is 32.2. The van der Waals surface area contributed by atoms with Gasteiger partial charge in [0.1, 0.15) is 5.75 Å². The molecular weight excluding hydrogens is 366 g/mol. The quantitative estimate of drug-likeness (QED) is 0.821. The molecule has 0 aromatic heterocycles. The fourth-order valence-electron chi connectivity index (χ4n) is 3.24. The van der Waals surface area contributed by atoms with Gasteiger partial charge in [-0.2, -0.15) is 0 Å². The van der Waals surface area contributed by atoms with Crippen LogP contribution in [0.2, 0.25) is 0 Å². The third-order valence-electron chi connectivity index (χ3n) is 4.52. The van der Waals surface area contributed by atoms with E-state index in [1.54, 1.807) is 12.1 Å². The van der Waals surface area contributed by atoms with E-state index in [0.29, 0.717) is 23.5 Å². The van der Waals surface area contributed by atoms with Crippen LogP contribution in [0.15, 0.2) is 36.4 Å². The van der Waals surface area contributed by atoms with E-state index in [1.807, 2.05) is 43.3 Å². The second kappa shape index (κ2) is 7.11. The zero-order chi connectivity index (χ0) is 19.8. The van der Waals surface area contributed by atoms with E-state index in [0.717, 1.165) is 23.1 Å². The number of ether oxygens (including phenoxy) is 1. The standard InChI is InChI=1S/C19H23N3O4S/c1-22(2)13-7-5-12(6-8-13)14-10-19(23)20-16-11-18(26-3)17(9-15(14)16)21-27(4,24)25/h5-9,11,14,21H,10H2,1-4H3,(H,20,23)/t14-/m0/s1. The number of nitrogens with zero attached hydrogens (tertiary/aromatic N) is 1. The summed E-state index contributed by atoms with van der Waals surface area (Å²) >= 11 is 0. The maximum atomic E-state index is 12.2. The molecule has 0 aliphatic carbocycles. The summed E-state index contributed by atoms with van der Waals surface area (Å²) in [4.78, 5) is 14.2. The van der Waals surface area contributed by atoms with Gasteiger partial charge < -0.3 is 15.0 Å². The molecule has 144 valence electrons. The summed E-state index contributed by atoms with van der Waals surface area (Å²) < 4.78 is 31.2. The van der Waals surface area contributed by atoms with Crippen LogP contribution in [0.1, 0.15) is 23.5 Å². The number of fused-ring (bicyclic) bond motifs is 1. The monoisotopic (exact) mass is 389 g/mol. The van der Waals surface area contributed by atoms with Crippen LogP contribution in [0.25, 0.3) is 0 Å². The first kappa shape index (κ1) is 19.0. The molecule has 1 amide bonds. The van der Waals surface area contributed by atoms with Crippen molar-refractivity contribution < 1.29 is 17.9 Å². The van der Waals surface area contributed by atoms with Crippen molar-refractivity contribution in [2.24, 2.45) is 0 Å². The van der Waals surface area contributed by atoms with Crippen LogP contribution in [0.3, 0.4) is 0 Å². The second-order valence-corrected chi connectivity index (χ2v) is 8.55. The van der Waals surface area contributed by atoms with E-state index in [2.05, 4.69) is 10.0 Å². The molecule has 1 aliphatic heterocycles. The highest BCUT2D eigenvalue weighted by molar-refractivity contribution is 7.92. The molecule has 0 saturated heterocycles. The highest BCUT2D eigenvalue weighted by Crippen LogP contribution is 2.42. The molecule has 1 heterocycles. The van der Waals surface area contributed by atoms with E-state index < -0.39 is 10.0 Å². The highest BCUT2D eigenvalue weighted by Gasteiger charge is 2.28. The minimum Gasteiger partial charge on any atom is -0.494 e. The molecule has 0 unspecified atom stereocenters. The number of hydrogen-bond donors (Lipinski definition) is 2. The Morgan fingerprint density at radius 1 is 1.19 bits per heavy atom. The third kappa shape index (κ3) is 4.16. The lowest BCUT2D eigenvalue weighted by atomic mass is 9.84. The van der Waals surface area contributed by atoms with Crippen molar-refractivity contribution in [2.75, 3.05) is 42.4 Å². The van der Waals surface area contributed by atoms with E-state index >= 15 is 0 Å². The van der Waals surface area contributed by atoms with Gasteiger partial charge >= 0.3 is 0 Å². The fourth-order valence-corrected chi connectivity index (χ4v) is 3.80. The van der Waals surface area contributed by atoms with Crippen LogP contribution in [-0.2, 0) is 14.8 Å². The number of sulfonamides is 1. The Bertz CT molecular complexity index is 969. The van der Waals surface area contributed by atoms with Gasteiger partial charge in [0, 0.05) is 43.9 Å². The van der Waals surface area contributed by atoms with Crippen LogP contribution in [-0.4, -0.2) is 41.8 Å². The number of carbonyl (C=O) groups excluding carboxylic acids is 1. The maximum absolute atomic E-state index is 12.2. The van der Waals surface area contributed by atoms with Crippen LogP contribution >= 0.6 is 0 Å². The lowest BCUT2D eigenvalue weighted by molar-refractivity contribution is -0.116. The fraction of sp³-hybridized carbons (Fsp3) is 0.316. The predicted octanol–water partition coefficient (Wildman–Crippen LogP) is 2.61. The first-order chi connectivity index (χ1) is 12.7. The number of anilines is 3. The van der Waals surface area contributed by atoms with E-state index in [1.165, 1.54) is 7.11 Å². The Kier molecular flexibility index (Phi) is 5.01. The van der Waals surface area contributed by atoms with Gasteiger partial charge in [-0.25, -0.2) is 8.42 Å². The zero-order valence-electron chi connectivity index (χ0n) is 15.7. The molecular formula is C19H23N3O4S. The van der Waals surface area contributed by atoms with Crippen molar-refractivity contribution in [3.63, 3.8) is 0 Å². The molecule has 27 heavy (non-hydrogen) atoms. The summed E-state index contributed by atoms with van der Waals surface area (Å²) in [6, 6.07) is 11.4. The van der Waals surface area contributed by atoms with Crippen LogP contribution < -0.4 is 19.7 Å². The predicted molar refractivity (Wildman–Crippen MR) is 107 cm³/mol. The van der Waals surface area contributed by atoms with Gasteiger partial charge in [-0.15, -0.1) is 0 Å². The number of amides is 1. The van der Waals surface area contributed by atoms with Gasteiger partial charge in [0.2, 0.25) is 15.9 Å². The van der Waals surface area contributed by atoms with Gasteiger partial charge in [0.05, 0.1) is 19.1 Å². The van der Waals surface area contributed by atoms with Crippen molar-refractivity contribution in [3.05, 3.63) is 47.5 Å². The summed E-state index contributed by atoms with van der Waals surface area (Å²) in [5.74, 6) is 0.0918. The van der Waals surface area contributed by atoms with E-state index in [4.69, 9.17) is 4.74 Å². The van der Waals surface area contributed by atoms with Gasteiger partial charge in [0.25, 0.3) is 0 Å². The Morgan fingerprint density at radius 3 is 2.41 bits per heavy atom. The molecule has 0 saturated carbocycles. The topological polar surface area (TPSA) is 87.7 Å². The molecule has 2 aromatic carbocycles. The van der Waals surface area contributed by atoms with Gasteiger partial charge in [0.15, 0.2) is 0 Å². The summed E-state index contributed by atoms with van der Waals surface area (Å²) in [6.45, 7) is 0. The summed E-state index contributed by atoms with van der Waals surface area (Å²) in [6.07, 6.45) is 1.38. The summed E-state index contributed by atoms with van der Waals surface area (Å²) in [5, 5.41) is 2.85. The Labute approximate surface area is 159 Å². The number of methoxy groups -OCH3 is 1. The number of hydrogen-bond acceptors (Lipinski definition) is 5. The first-order valence-corrected chi connectivity index (χ1v) is 10.3. The SMILES string of the molecule is COc1cc2c(cc1NS(C)(=O)=O)[C@H](c1ccc(N(C)C)cc1)CC(=O)N2. The van der Waals surface area contributed by atoms with Crippen LogP contribution in [0.4, 0.5) is 17.1 Å². The van der Waals surface area contributed by atoms with Crippen molar-refractivity contribution in [1.29, 1.82) is 0 Å². The number of benzene rings is 2. The molecule has 0 radical (unpaired) electrons. The van der Waals surface area contributed by atoms with Gasteiger partial charge in [-0.1, -0.05) is 12.1 Å². The number of nitrogens with one attached hydrogen (secondary N) is 2. The van der Waals surface area contributed by atoms with Crippen molar-refractivity contribution in [3.8, 4) is 5.75 Å².